The van der Waals surface area contributed by atoms with E-state index < -0.39 is 12.3 Å². The molecule has 0 N–H and O–H groups in total. The molecule has 1 aliphatic rings. The van der Waals surface area contributed by atoms with Crippen molar-refractivity contribution in [2.24, 2.45) is 5.92 Å². The summed E-state index contributed by atoms with van der Waals surface area (Å²) in [5, 5.41) is 1.04. The first kappa shape index (κ1) is 11.4. The summed E-state index contributed by atoms with van der Waals surface area (Å²) in [5.74, 6) is -0.503. The lowest BCUT2D eigenvalue weighted by Crippen LogP contribution is -2.22. The summed E-state index contributed by atoms with van der Waals surface area (Å²) in [7, 11) is 0. The largest absolute Gasteiger partial charge is 0.370 e. The summed E-state index contributed by atoms with van der Waals surface area (Å²) >= 11 is 0. The van der Waals surface area contributed by atoms with Crippen LogP contribution in [0, 0.1) is 5.92 Å². The molecule has 0 bridgehead atoms. The van der Waals surface area contributed by atoms with E-state index in [0.717, 1.165) is 16.6 Å². The van der Waals surface area contributed by atoms with Gasteiger partial charge in [-0.2, -0.15) is 0 Å². The fraction of sp³-hybridized carbons (Fsp3) is 0.357. The molecule has 2 aromatic rings. The van der Waals surface area contributed by atoms with Crippen molar-refractivity contribution in [3.63, 3.8) is 0 Å². The maximum atomic E-state index is 12.7. The molecule has 1 atom stereocenters. The summed E-state index contributed by atoms with van der Waals surface area (Å²) in [5.41, 5.74) is 1.93. The van der Waals surface area contributed by atoms with Gasteiger partial charge in [-0.3, -0.25) is 4.98 Å². The molecule has 0 spiro atoms. The molecular weight excluding hydrogens is 234 g/mol. The Morgan fingerprint density at radius 2 is 2.06 bits per heavy atom. The van der Waals surface area contributed by atoms with E-state index >= 15 is 0 Å². The molecule has 18 heavy (non-hydrogen) atoms. The number of para-hydroxylation sites is 1. The molecule has 0 radical (unpaired) electrons. The fourth-order valence-electron chi connectivity index (χ4n) is 2.57. The van der Waals surface area contributed by atoms with E-state index in [4.69, 9.17) is 0 Å². The van der Waals surface area contributed by atoms with E-state index in [1.165, 1.54) is 0 Å². The van der Waals surface area contributed by atoms with E-state index in [-0.39, 0.29) is 0 Å². The molecule has 1 aromatic carbocycles. The van der Waals surface area contributed by atoms with Gasteiger partial charge in [-0.05, 0) is 18.6 Å². The van der Waals surface area contributed by atoms with Crippen LogP contribution >= 0.6 is 0 Å². The number of pyridine rings is 1. The summed E-state index contributed by atoms with van der Waals surface area (Å²) in [4.78, 5) is 6.34. The van der Waals surface area contributed by atoms with Gasteiger partial charge in [0.1, 0.15) is 0 Å². The van der Waals surface area contributed by atoms with E-state index in [1.807, 2.05) is 35.2 Å². The summed E-state index contributed by atoms with van der Waals surface area (Å²) in [6, 6.07) is 9.74. The molecule has 2 heterocycles. The molecular formula is C14H14F2N2. The Kier molecular flexibility index (Phi) is 2.86. The second-order valence-electron chi connectivity index (χ2n) is 4.68. The van der Waals surface area contributed by atoms with Crippen LogP contribution in [-0.2, 0) is 0 Å². The van der Waals surface area contributed by atoms with Crippen LogP contribution < -0.4 is 4.90 Å². The van der Waals surface area contributed by atoms with E-state index in [2.05, 4.69) is 4.98 Å². The van der Waals surface area contributed by atoms with Crippen LogP contribution in [0.4, 0.5) is 14.5 Å². The van der Waals surface area contributed by atoms with Crippen molar-refractivity contribution in [2.45, 2.75) is 12.8 Å². The van der Waals surface area contributed by atoms with Gasteiger partial charge < -0.3 is 4.90 Å². The van der Waals surface area contributed by atoms with Crippen LogP contribution in [-0.4, -0.2) is 24.5 Å². The van der Waals surface area contributed by atoms with Crippen LogP contribution in [0.25, 0.3) is 10.9 Å². The van der Waals surface area contributed by atoms with E-state index in [1.54, 1.807) is 6.20 Å². The fourth-order valence-corrected chi connectivity index (χ4v) is 2.57. The Morgan fingerprint density at radius 3 is 2.83 bits per heavy atom. The smallest absolute Gasteiger partial charge is 0.243 e. The number of benzene rings is 1. The minimum Gasteiger partial charge on any atom is -0.370 e. The second-order valence-corrected chi connectivity index (χ2v) is 4.68. The van der Waals surface area contributed by atoms with E-state index in [0.29, 0.717) is 19.5 Å². The minimum absolute atomic E-state index is 0.436. The van der Waals surface area contributed by atoms with Crippen molar-refractivity contribution < 1.29 is 8.78 Å². The first-order valence-corrected chi connectivity index (χ1v) is 6.12. The highest BCUT2D eigenvalue weighted by Crippen LogP contribution is 2.31. The van der Waals surface area contributed by atoms with Crippen molar-refractivity contribution in [2.75, 3.05) is 18.0 Å². The number of rotatable bonds is 2. The quantitative estimate of drug-likeness (QED) is 0.810. The first-order chi connectivity index (χ1) is 8.75. The lowest BCUT2D eigenvalue weighted by Gasteiger charge is -2.20. The molecule has 94 valence electrons. The average Bonchev–Trinajstić information content (AvgIpc) is 2.87. The highest BCUT2D eigenvalue weighted by molar-refractivity contribution is 5.91. The third-order valence-electron chi connectivity index (χ3n) is 3.55. The van der Waals surface area contributed by atoms with Crippen molar-refractivity contribution in [3.05, 3.63) is 36.5 Å². The maximum Gasteiger partial charge on any atom is 0.243 e. The SMILES string of the molecule is FC(F)C1CCN(c2ccnc3ccccc23)C1. The van der Waals surface area contributed by atoms with Gasteiger partial charge in [0.15, 0.2) is 0 Å². The van der Waals surface area contributed by atoms with Gasteiger partial charge in [-0.15, -0.1) is 0 Å². The van der Waals surface area contributed by atoms with Crippen molar-refractivity contribution in [1.82, 2.24) is 4.98 Å². The molecule has 3 rings (SSSR count). The van der Waals surface area contributed by atoms with Gasteiger partial charge >= 0.3 is 0 Å². The highest BCUT2D eigenvalue weighted by Gasteiger charge is 2.30. The number of alkyl halides is 2. The first-order valence-electron chi connectivity index (χ1n) is 6.12. The van der Waals surface area contributed by atoms with Crippen LogP contribution in [0.15, 0.2) is 36.5 Å². The Hall–Kier alpha value is -1.71. The predicted molar refractivity (Wildman–Crippen MR) is 68.1 cm³/mol. The number of aromatic nitrogens is 1. The molecule has 0 aliphatic carbocycles. The van der Waals surface area contributed by atoms with Crippen LogP contribution in [0.1, 0.15) is 6.42 Å². The van der Waals surface area contributed by atoms with Gasteiger partial charge in [-0.1, -0.05) is 18.2 Å². The molecule has 1 aliphatic heterocycles. The number of hydrogen-bond acceptors (Lipinski definition) is 2. The summed E-state index contributed by atoms with van der Waals surface area (Å²) < 4.78 is 25.4. The monoisotopic (exact) mass is 248 g/mol. The van der Waals surface area contributed by atoms with Crippen LogP contribution in [0.2, 0.25) is 0 Å². The Morgan fingerprint density at radius 1 is 1.22 bits per heavy atom. The number of fused-ring (bicyclic) bond motifs is 1. The van der Waals surface area contributed by atoms with Gasteiger partial charge in [0, 0.05) is 36.3 Å². The van der Waals surface area contributed by atoms with Gasteiger partial charge in [0.2, 0.25) is 6.43 Å². The minimum atomic E-state index is -2.22. The van der Waals surface area contributed by atoms with Gasteiger partial charge in [0.05, 0.1) is 5.52 Å². The summed E-state index contributed by atoms with van der Waals surface area (Å²) in [6.07, 6.45) is 0.0879. The molecule has 1 fully saturated rings. The molecule has 2 nitrogen and oxygen atoms in total. The Balaban J connectivity index is 1.96. The average molecular weight is 248 g/mol. The number of anilines is 1. The Labute approximate surface area is 104 Å². The van der Waals surface area contributed by atoms with Crippen LogP contribution in [0.3, 0.4) is 0 Å². The zero-order valence-corrected chi connectivity index (χ0v) is 9.89. The van der Waals surface area contributed by atoms with Crippen molar-refractivity contribution in [1.29, 1.82) is 0 Å². The van der Waals surface area contributed by atoms with Crippen molar-refractivity contribution >= 4 is 16.6 Å². The van der Waals surface area contributed by atoms with Crippen LogP contribution in [0.5, 0.6) is 0 Å². The molecule has 1 saturated heterocycles. The third-order valence-corrected chi connectivity index (χ3v) is 3.55. The topological polar surface area (TPSA) is 16.1 Å². The highest BCUT2D eigenvalue weighted by atomic mass is 19.3. The number of hydrogen-bond donors (Lipinski definition) is 0. The van der Waals surface area contributed by atoms with Crippen molar-refractivity contribution in [3.8, 4) is 0 Å². The predicted octanol–water partition coefficient (Wildman–Crippen LogP) is 3.33. The molecule has 1 unspecified atom stereocenters. The molecule has 4 heteroatoms. The van der Waals surface area contributed by atoms with Gasteiger partial charge in [0.25, 0.3) is 0 Å². The zero-order chi connectivity index (χ0) is 12.5. The van der Waals surface area contributed by atoms with E-state index in [9.17, 15) is 8.78 Å². The second kappa shape index (κ2) is 4.52. The molecule has 0 saturated carbocycles. The number of halogens is 2. The lowest BCUT2D eigenvalue weighted by molar-refractivity contribution is 0.0880. The maximum absolute atomic E-state index is 12.7. The Bertz CT molecular complexity index is 551. The number of nitrogens with zero attached hydrogens (tertiary/aromatic N) is 2. The van der Waals surface area contributed by atoms with Gasteiger partial charge in [-0.25, -0.2) is 8.78 Å². The zero-order valence-electron chi connectivity index (χ0n) is 9.89. The lowest BCUT2D eigenvalue weighted by atomic mass is 10.1. The third kappa shape index (κ3) is 1.92. The standard InChI is InChI=1S/C14H14F2N2/c15-14(16)10-6-8-18(9-10)13-5-7-17-12-4-2-1-3-11(12)13/h1-5,7,10,14H,6,8-9H2. The summed E-state index contributed by atoms with van der Waals surface area (Å²) in [6.45, 7) is 1.13. The normalized spacial score (nSPS) is 19.9. The molecule has 1 aromatic heterocycles. The molecule has 0 amide bonds.